The Hall–Kier alpha value is -1.18. The van der Waals surface area contributed by atoms with Crippen LogP contribution in [0.5, 0.6) is 0 Å². The van der Waals surface area contributed by atoms with E-state index in [2.05, 4.69) is 32.0 Å². The van der Waals surface area contributed by atoms with Crippen molar-refractivity contribution in [3.8, 4) is 0 Å². The van der Waals surface area contributed by atoms with Gasteiger partial charge in [-0.15, -0.1) is 0 Å². The van der Waals surface area contributed by atoms with E-state index in [-0.39, 0.29) is 10.8 Å². The number of benzene rings is 1. The molecule has 2 N–H and O–H groups in total. The predicted octanol–water partition coefficient (Wildman–Crippen LogP) is 3.12. The molecule has 7 heteroatoms. The van der Waals surface area contributed by atoms with Crippen LogP contribution in [0, 0.1) is 0 Å². The lowest BCUT2D eigenvalue weighted by Crippen LogP contribution is -2.45. The molecule has 1 atom stereocenters. The van der Waals surface area contributed by atoms with Crippen LogP contribution in [-0.2, 0) is 14.8 Å². The van der Waals surface area contributed by atoms with E-state index < -0.39 is 16.1 Å². The highest BCUT2D eigenvalue weighted by atomic mass is 79.9. The van der Waals surface area contributed by atoms with Gasteiger partial charge in [-0.2, -0.15) is 4.72 Å². The Labute approximate surface area is 152 Å². The van der Waals surface area contributed by atoms with Gasteiger partial charge in [0.1, 0.15) is 0 Å². The lowest BCUT2D eigenvalue weighted by atomic mass is 9.97. The molecule has 0 heterocycles. The molecule has 1 aromatic carbocycles. The highest BCUT2D eigenvalue weighted by molar-refractivity contribution is 9.10. The summed E-state index contributed by atoms with van der Waals surface area (Å²) in [6.07, 6.45) is 7.75. The van der Waals surface area contributed by atoms with E-state index in [9.17, 15) is 13.2 Å². The number of nitrogens with one attached hydrogen (secondary N) is 2. The van der Waals surface area contributed by atoms with Crippen molar-refractivity contribution in [1.82, 2.24) is 10.0 Å². The van der Waals surface area contributed by atoms with Crippen LogP contribution in [0.25, 0.3) is 0 Å². The molecule has 1 aliphatic carbocycles. The lowest BCUT2D eigenvalue weighted by molar-refractivity contribution is -0.122. The molecule has 0 saturated carbocycles. The number of allylic oxidation sites excluding steroid dienone is 1. The van der Waals surface area contributed by atoms with Crippen molar-refractivity contribution in [3.63, 3.8) is 0 Å². The van der Waals surface area contributed by atoms with Gasteiger partial charge < -0.3 is 5.32 Å². The molecule has 1 aromatic rings. The fraction of sp³-hybridized carbons (Fsp3) is 0.471. The topological polar surface area (TPSA) is 75.3 Å². The van der Waals surface area contributed by atoms with Gasteiger partial charge in [-0.25, -0.2) is 8.42 Å². The summed E-state index contributed by atoms with van der Waals surface area (Å²) < 4.78 is 27.7. The zero-order valence-corrected chi connectivity index (χ0v) is 16.1. The molecular weight excluding hydrogens is 392 g/mol. The van der Waals surface area contributed by atoms with E-state index in [1.807, 2.05) is 0 Å². The monoisotopic (exact) mass is 414 g/mol. The van der Waals surface area contributed by atoms with Crippen LogP contribution >= 0.6 is 15.9 Å². The first kappa shape index (κ1) is 19.1. The number of sulfonamides is 1. The first-order valence-electron chi connectivity index (χ1n) is 8.12. The standard InChI is InChI=1S/C17H23BrN2O3S/c1-13(17(21)19-12-11-14-5-3-2-4-6-14)20-24(22,23)16-9-7-15(18)8-10-16/h5,7-10,13,20H,2-4,6,11-12H2,1H3,(H,19,21). The number of halogens is 1. The Bertz CT molecular complexity index is 699. The molecule has 2 rings (SSSR count). The van der Waals surface area contributed by atoms with Gasteiger partial charge in [0.15, 0.2) is 0 Å². The van der Waals surface area contributed by atoms with Crippen molar-refractivity contribution in [3.05, 3.63) is 40.4 Å². The molecule has 0 aliphatic heterocycles. The van der Waals surface area contributed by atoms with Crippen LogP contribution in [0.1, 0.15) is 39.0 Å². The Morgan fingerprint density at radius 3 is 2.58 bits per heavy atom. The Morgan fingerprint density at radius 1 is 1.25 bits per heavy atom. The Kier molecular flexibility index (Phi) is 7.01. The Balaban J connectivity index is 1.84. The molecule has 0 radical (unpaired) electrons. The van der Waals surface area contributed by atoms with Crippen LogP contribution in [0.2, 0.25) is 0 Å². The van der Waals surface area contributed by atoms with Crippen LogP contribution in [0.15, 0.2) is 45.3 Å². The van der Waals surface area contributed by atoms with E-state index >= 15 is 0 Å². The minimum absolute atomic E-state index is 0.137. The number of hydrogen-bond acceptors (Lipinski definition) is 3. The first-order valence-corrected chi connectivity index (χ1v) is 10.4. The quantitative estimate of drug-likeness (QED) is 0.672. The third-order valence-electron chi connectivity index (χ3n) is 3.98. The molecule has 0 saturated heterocycles. The number of carbonyl (C=O) groups is 1. The molecular formula is C17H23BrN2O3S. The van der Waals surface area contributed by atoms with Gasteiger partial charge in [-0.05, 0) is 63.3 Å². The van der Waals surface area contributed by atoms with Gasteiger partial charge >= 0.3 is 0 Å². The number of carbonyl (C=O) groups excluding carboxylic acids is 1. The second-order valence-corrected chi connectivity index (χ2v) is 8.58. The first-order chi connectivity index (χ1) is 11.4. The van der Waals surface area contributed by atoms with Gasteiger partial charge in [-0.3, -0.25) is 4.79 Å². The lowest BCUT2D eigenvalue weighted by Gasteiger charge is -2.16. The van der Waals surface area contributed by atoms with Crippen LogP contribution < -0.4 is 10.0 Å². The van der Waals surface area contributed by atoms with Gasteiger partial charge in [-0.1, -0.05) is 27.6 Å². The zero-order chi connectivity index (χ0) is 17.6. The van der Waals surface area contributed by atoms with Crippen molar-refractivity contribution >= 4 is 31.9 Å². The van der Waals surface area contributed by atoms with Gasteiger partial charge in [0.05, 0.1) is 10.9 Å². The fourth-order valence-corrected chi connectivity index (χ4v) is 4.07. The smallest absolute Gasteiger partial charge is 0.241 e. The maximum Gasteiger partial charge on any atom is 0.241 e. The molecule has 0 aromatic heterocycles. The fourth-order valence-electron chi connectivity index (χ4n) is 2.60. The molecule has 0 bridgehead atoms. The number of rotatable bonds is 7. The summed E-state index contributed by atoms with van der Waals surface area (Å²) in [6, 6.07) is 5.46. The average Bonchev–Trinajstić information content (AvgIpc) is 2.55. The summed E-state index contributed by atoms with van der Waals surface area (Å²) in [5.41, 5.74) is 1.38. The van der Waals surface area contributed by atoms with E-state index in [1.165, 1.54) is 30.5 Å². The molecule has 1 amide bonds. The third kappa shape index (κ3) is 5.72. The van der Waals surface area contributed by atoms with E-state index in [0.717, 1.165) is 23.7 Å². The molecule has 5 nitrogen and oxygen atoms in total. The highest BCUT2D eigenvalue weighted by Crippen LogP contribution is 2.19. The van der Waals surface area contributed by atoms with Crippen LogP contribution in [0.3, 0.4) is 0 Å². The Morgan fingerprint density at radius 2 is 1.96 bits per heavy atom. The van der Waals surface area contributed by atoms with Crippen LogP contribution in [-0.4, -0.2) is 26.9 Å². The van der Waals surface area contributed by atoms with E-state index in [4.69, 9.17) is 0 Å². The predicted molar refractivity (Wildman–Crippen MR) is 98.1 cm³/mol. The summed E-state index contributed by atoms with van der Waals surface area (Å²) in [4.78, 5) is 12.2. The SMILES string of the molecule is CC(NS(=O)(=O)c1ccc(Br)cc1)C(=O)NCCC1=CCCCC1. The maximum atomic E-state index is 12.3. The van der Waals surface area contributed by atoms with Gasteiger partial charge in [0.2, 0.25) is 15.9 Å². The summed E-state index contributed by atoms with van der Waals surface area (Å²) in [6.45, 7) is 2.08. The van der Waals surface area contributed by atoms with Gasteiger partial charge in [0.25, 0.3) is 0 Å². The third-order valence-corrected chi connectivity index (χ3v) is 6.06. The molecule has 0 spiro atoms. The summed E-state index contributed by atoms with van der Waals surface area (Å²) in [5.74, 6) is -0.313. The normalized spacial score (nSPS) is 16.3. The van der Waals surface area contributed by atoms with Crippen molar-refractivity contribution < 1.29 is 13.2 Å². The number of amides is 1. The van der Waals surface area contributed by atoms with Crippen molar-refractivity contribution in [1.29, 1.82) is 0 Å². The summed E-state index contributed by atoms with van der Waals surface area (Å²) in [5, 5.41) is 2.80. The molecule has 1 unspecified atom stereocenters. The maximum absolute atomic E-state index is 12.3. The summed E-state index contributed by atoms with van der Waals surface area (Å²) in [7, 11) is -3.71. The largest absolute Gasteiger partial charge is 0.354 e. The molecule has 24 heavy (non-hydrogen) atoms. The molecule has 1 aliphatic rings. The van der Waals surface area contributed by atoms with Crippen molar-refractivity contribution in [2.45, 2.75) is 50.0 Å². The van der Waals surface area contributed by atoms with E-state index in [0.29, 0.717) is 6.54 Å². The van der Waals surface area contributed by atoms with Crippen LogP contribution in [0.4, 0.5) is 0 Å². The van der Waals surface area contributed by atoms with Crippen molar-refractivity contribution in [2.75, 3.05) is 6.54 Å². The minimum atomic E-state index is -3.71. The second kappa shape index (κ2) is 8.78. The molecule has 0 fully saturated rings. The van der Waals surface area contributed by atoms with E-state index in [1.54, 1.807) is 19.1 Å². The average molecular weight is 415 g/mol. The highest BCUT2D eigenvalue weighted by Gasteiger charge is 2.21. The van der Waals surface area contributed by atoms with Crippen molar-refractivity contribution in [2.24, 2.45) is 0 Å². The zero-order valence-electron chi connectivity index (χ0n) is 13.7. The minimum Gasteiger partial charge on any atom is -0.354 e. The summed E-state index contributed by atoms with van der Waals surface area (Å²) >= 11 is 3.26. The second-order valence-electron chi connectivity index (χ2n) is 5.95. The molecule has 132 valence electrons. The number of hydrogen-bond donors (Lipinski definition) is 2. The van der Waals surface area contributed by atoms with Gasteiger partial charge in [0, 0.05) is 11.0 Å².